The number of benzene rings is 1. The molecule has 2 nitrogen and oxygen atoms in total. The number of hydrogen-bond acceptors (Lipinski definition) is 2. The van der Waals surface area contributed by atoms with Crippen molar-refractivity contribution in [2.24, 2.45) is 0 Å². The maximum Gasteiger partial charge on any atom is 0.342 e. The predicted octanol–water partition coefficient (Wildman–Crippen LogP) is 7.01. The van der Waals surface area contributed by atoms with Crippen LogP contribution in [-0.4, -0.2) is 5.97 Å². The van der Waals surface area contributed by atoms with E-state index in [9.17, 15) is 4.79 Å². The third-order valence-electron chi connectivity index (χ3n) is 4.62. The smallest absolute Gasteiger partial charge is 0.342 e. The van der Waals surface area contributed by atoms with Gasteiger partial charge in [0.1, 0.15) is 0 Å². The summed E-state index contributed by atoms with van der Waals surface area (Å²) < 4.78 is 4.98. The van der Waals surface area contributed by atoms with Gasteiger partial charge in [-0.2, -0.15) is 0 Å². The van der Waals surface area contributed by atoms with Gasteiger partial charge in [-0.25, -0.2) is 4.79 Å². The lowest BCUT2D eigenvalue weighted by molar-refractivity contribution is 0.0664. The zero-order valence-corrected chi connectivity index (χ0v) is 16.3. The van der Waals surface area contributed by atoms with E-state index in [2.05, 4.69) is 26.5 Å². The van der Waals surface area contributed by atoms with Gasteiger partial charge in [-0.15, -0.1) is 0 Å². The van der Waals surface area contributed by atoms with Crippen molar-refractivity contribution in [1.29, 1.82) is 0 Å². The van der Waals surface area contributed by atoms with Gasteiger partial charge in [-0.1, -0.05) is 77.9 Å². The Labute approximate surface area is 154 Å². The summed E-state index contributed by atoms with van der Waals surface area (Å²) in [5.41, 5.74) is 3.19. The number of rotatable bonds is 14. The summed E-state index contributed by atoms with van der Waals surface area (Å²) in [6, 6.07) is 6.27. The lowest BCUT2D eigenvalue weighted by Gasteiger charge is -2.09. The molecule has 1 aromatic carbocycles. The zero-order valence-electron chi connectivity index (χ0n) is 16.3. The second-order valence-corrected chi connectivity index (χ2v) is 6.94. The van der Waals surface area contributed by atoms with Crippen LogP contribution in [0.3, 0.4) is 0 Å². The number of unbranched alkanes of at least 4 members (excludes halogenated alkanes) is 8. The standard InChI is InChI=1S/C23H36O2/c1-4-7-9-11-13-15-20-17-21(16-14-12-10-8-5-2)19-22(18-20)23(24)25-6-3/h6,17-19H,3-5,7-16H2,1-2H3. The molecule has 1 rings (SSSR count). The van der Waals surface area contributed by atoms with Crippen molar-refractivity contribution < 1.29 is 9.53 Å². The molecule has 0 heterocycles. The molecule has 0 spiro atoms. The molecular formula is C23H36O2. The quantitative estimate of drug-likeness (QED) is 0.206. The molecule has 0 amide bonds. The number of carbonyl (C=O) groups is 1. The normalized spacial score (nSPS) is 10.6. The van der Waals surface area contributed by atoms with Crippen LogP contribution in [0.15, 0.2) is 31.0 Å². The first-order valence-electron chi connectivity index (χ1n) is 10.2. The van der Waals surface area contributed by atoms with Crippen LogP contribution in [0.25, 0.3) is 0 Å². The van der Waals surface area contributed by atoms with Gasteiger partial charge in [0.25, 0.3) is 0 Å². The number of esters is 1. The number of aryl methyl sites for hydroxylation is 2. The maximum atomic E-state index is 12.1. The van der Waals surface area contributed by atoms with Gasteiger partial charge in [0, 0.05) is 0 Å². The van der Waals surface area contributed by atoms with Crippen molar-refractivity contribution in [3.8, 4) is 0 Å². The molecule has 0 bridgehead atoms. The predicted molar refractivity (Wildman–Crippen MR) is 107 cm³/mol. The Morgan fingerprint density at radius 3 is 1.76 bits per heavy atom. The summed E-state index contributed by atoms with van der Waals surface area (Å²) >= 11 is 0. The Morgan fingerprint density at radius 2 is 1.32 bits per heavy atom. The molecule has 0 saturated heterocycles. The highest BCUT2D eigenvalue weighted by Gasteiger charge is 2.09. The van der Waals surface area contributed by atoms with Crippen LogP contribution in [0.1, 0.15) is 99.5 Å². The molecule has 0 fully saturated rings. The first-order chi connectivity index (χ1) is 12.2. The Kier molecular flexibility index (Phi) is 11.8. The van der Waals surface area contributed by atoms with Gasteiger partial charge in [-0.3, -0.25) is 0 Å². The summed E-state index contributed by atoms with van der Waals surface area (Å²) in [6.07, 6.45) is 16.0. The second-order valence-electron chi connectivity index (χ2n) is 6.94. The molecular weight excluding hydrogens is 308 g/mol. The Balaban J connectivity index is 2.66. The van der Waals surface area contributed by atoms with E-state index in [1.165, 1.54) is 81.6 Å². The average molecular weight is 345 g/mol. The molecule has 1 aromatic rings. The van der Waals surface area contributed by atoms with E-state index < -0.39 is 0 Å². The highest BCUT2D eigenvalue weighted by molar-refractivity contribution is 5.90. The highest BCUT2D eigenvalue weighted by atomic mass is 16.5. The SMILES string of the molecule is C=COC(=O)c1cc(CCCCCCC)cc(CCCCCCC)c1. The molecule has 140 valence electrons. The number of ether oxygens (including phenoxy) is 1. The maximum absolute atomic E-state index is 12.1. The lowest BCUT2D eigenvalue weighted by atomic mass is 9.97. The van der Waals surface area contributed by atoms with E-state index in [1.54, 1.807) is 0 Å². The van der Waals surface area contributed by atoms with Crippen LogP contribution in [0, 0.1) is 0 Å². The van der Waals surface area contributed by atoms with Crippen molar-refractivity contribution in [3.63, 3.8) is 0 Å². The van der Waals surface area contributed by atoms with E-state index in [4.69, 9.17) is 4.74 Å². The van der Waals surface area contributed by atoms with Gasteiger partial charge < -0.3 is 4.74 Å². The van der Waals surface area contributed by atoms with Gasteiger partial charge >= 0.3 is 5.97 Å². The monoisotopic (exact) mass is 344 g/mol. The molecule has 0 N–H and O–H groups in total. The van der Waals surface area contributed by atoms with Crippen molar-refractivity contribution >= 4 is 5.97 Å². The summed E-state index contributed by atoms with van der Waals surface area (Å²) in [4.78, 5) is 12.1. The molecule has 0 radical (unpaired) electrons. The first kappa shape index (κ1) is 21.5. The molecule has 0 aliphatic carbocycles. The largest absolute Gasteiger partial charge is 0.432 e. The Hall–Kier alpha value is -1.57. The van der Waals surface area contributed by atoms with Crippen LogP contribution < -0.4 is 0 Å². The highest BCUT2D eigenvalue weighted by Crippen LogP contribution is 2.18. The fourth-order valence-corrected chi connectivity index (χ4v) is 3.18. The third kappa shape index (κ3) is 9.48. The summed E-state index contributed by atoms with van der Waals surface area (Å²) in [5.74, 6) is -0.296. The van der Waals surface area contributed by atoms with Crippen LogP contribution in [0.5, 0.6) is 0 Å². The zero-order chi connectivity index (χ0) is 18.3. The van der Waals surface area contributed by atoms with Crippen molar-refractivity contribution in [3.05, 3.63) is 47.7 Å². The van der Waals surface area contributed by atoms with Crippen LogP contribution in [0.2, 0.25) is 0 Å². The van der Waals surface area contributed by atoms with E-state index >= 15 is 0 Å². The van der Waals surface area contributed by atoms with E-state index in [1.807, 2.05) is 12.1 Å². The van der Waals surface area contributed by atoms with E-state index in [0.29, 0.717) is 5.56 Å². The summed E-state index contributed by atoms with van der Waals surface area (Å²) in [6.45, 7) is 7.96. The topological polar surface area (TPSA) is 26.3 Å². The molecule has 0 unspecified atom stereocenters. The van der Waals surface area contributed by atoms with Crippen LogP contribution >= 0.6 is 0 Å². The van der Waals surface area contributed by atoms with E-state index in [0.717, 1.165) is 12.8 Å². The third-order valence-corrected chi connectivity index (χ3v) is 4.62. The second kappa shape index (κ2) is 13.7. The fraction of sp³-hybridized carbons (Fsp3) is 0.609. The van der Waals surface area contributed by atoms with Gasteiger partial charge in [0.2, 0.25) is 0 Å². The molecule has 0 aromatic heterocycles. The molecule has 0 aliphatic rings. The fourth-order valence-electron chi connectivity index (χ4n) is 3.18. The van der Waals surface area contributed by atoms with Crippen LogP contribution in [-0.2, 0) is 17.6 Å². The van der Waals surface area contributed by atoms with Crippen molar-refractivity contribution in [2.75, 3.05) is 0 Å². The minimum Gasteiger partial charge on any atom is -0.432 e. The first-order valence-corrected chi connectivity index (χ1v) is 10.2. The molecule has 0 saturated carbocycles. The Bertz CT molecular complexity index is 473. The van der Waals surface area contributed by atoms with Gasteiger partial charge in [0.15, 0.2) is 0 Å². The molecule has 2 heteroatoms. The molecule has 0 aliphatic heterocycles. The molecule has 25 heavy (non-hydrogen) atoms. The van der Waals surface area contributed by atoms with Crippen LogP contribution in [0.4, 0.5) is 0 Å². The molecule has 0 atom stereocenters. The minimum absolute atomic E-state index is 0.296. The van der Waals surface area contributed by atoms with Crippen molar-refractivity contribution in [1.82, 2.24) is 0 Å². The minimum atomic E-state index is -0.296. The number of hydrogen-bond donors (Lipinski definition) is 0. The number of carbonyl (C=O) groups excluding carboxylic acids is 1. The van der Waals surface area contributed by atoms with Gasteiger partial charge in [0.05, 0.1) is 11.8 Å². The Morgan fingerprint density at radius 1 is 0.840 bits per heavy atom. The van der Waals surface area contributed by atoms with Gasteiger partial charge in [-0.05, 0) is 48.9 Å². The lowest BCUT2D eigenvalue weighted by Crippen LogP contribution is -2.03. The average Bonchev–Trinajstić information content (AvgIpc) is 2.61. The van der Waals surface area contributed by atoms with Crippen molar-refractivity contribution in [2.45, 2.75) is 90.9 Å². The summed E-state index contributed by atoms with van der Waals surface area (Å²) in [5, 5.41) is 0. The summed E-state index contributed by atoms with van der Waals surface area (Å²) in [7, 11) is 0. The van der Waals surface area contributed by atoms with E-state index in [-0.39, 0.29) is 5.97 Å².